The highest BCUT2D eigenvalue weighted by molar-refractivity contribution is 5.97. The number of hydrogen-bond acceptors (Lipinski definition) is 17. The number of nitrogens with two attached hydrogens (primary N) is 9. The third-order valence-electron chi connectivity index (χ3n) is 15.9. The number of rotatable bonds is 45. The van der Waals surface area contributed by atoms with E-state index in [2.05, 4.69) is 62.8 Å². The standard InChI is InChI=1S/C63H106N22O11/c1-5-38(4)52(59(95)83-46(20-13-29-75-63(71)72)60(96)85-30-14-21-49(85)58(94)81-44(53(66)89)18-9-10-26-64)77-34-41(17-11-27-73-61(67)68)79-55(91)45(19-12-28-74-62(69)70)82-56(92)47(31-37(2)3)84-57(93)48(33-39-15-7-6-8-16-39)80-51(88)36-76-50(87)35-78-54(90)43(65)32-40-22-24-42(86)25-23-40/h6-8,15-16,22-25,37-38,41,43-49,52,77,86H,5,9-14,17-21,26-36,64-65H2,1-4H3,(H2,66,89)(H,76,87)(H,78,90)(H,79,91)(H,80,88)(H,81,94)(H,82,92)(H,83,95)(H,84,93)(H4,67,68,73)(H4,69,70,74)(H4,71,72,75)/t38-,41-,43-,44-,45-,46-,47-,48-,49-,52-/m0/s1. The van der Waals surface area contributed by atoms with E-state index in [0.29, 0.717) is 56.2 Å². The molecular formula is C63H106N22O11. The van der Waals surface area contributed by atoms with E-state index < -0.39 is 127 Å². The van der Waals surface area contributed by atoms with Crippen molar-refractivity contribution >= 4 is 77.0 Å². The van der Waals surface area contributed by atoms with E-state index in [0.717, 1.165) is 0 Å². The average Bonchev–Trinajstić information content (AvgIpc) is 1.62. The van der Waals surface area contributed by atoms with Gasteiger partial charge in [-0.15, -0.1) is 0 Å². The summed E-state index contributed by atoms with van der Waals surface area (Å²) < 4.78 is 0. The molecular weight excluding hydrogens is 1240 g/mol. The summed E-state index contributed by atoms with van der Waals surface area (Å²) >= 11 is 0. The van der Waals surface area contributed by atoms with Crippen molar-refractivity contribution in [3.63, 3.8) is 0 Å². The molecule has 1 aliphatic rings. The molecule has 10 amide bonds. The molecule has 3 rings (SSSR count). The van der Waals surface area contributed by atoms with Gasteiger partial charge in [-0.2, -0.15) is 0 Å². The maximum atomic E-state index is 14.7. The average molecular weight is 1350 g/mol. The molecule has 0 unspecified atom stereocenters. The van der Waals surface area contributed by atoms with Gasteiger partial charge in [-0.05, 0) is 125 Å². The third kappa shape index (κ3) is 31.2. The summed E-state index contributed by atoms with van der Waals surface area (Å²) in [6.07, 6.45) is 3.91. The van der Waals surface area contributed by atoms with Gasteiger partial charge in [0.2, 0.25) is 59.1 Å². The van der Waals surface area contributed by atoms with Crippen LogP contribution in [0.15, 0.2) is 69.6 Å². The van der Waals surface area contributed by atoms with Gasteiger partial charge in [-0.3, -0.25) is 62.9 Å². The number of aliphatic imine (C=N–C) groups is 3. The Balaban J connectivity index is 1.89. The molecule has 0 radical (unpaired) electrons. The van der Waals surface area contributed by atoms with Gasteiger partial charge in [0.05, 0.1) is 25.2 Å². The van der Waals surface area contributed by atoms with Crippen molar-refractivity contribution in [3.05, 3.63) is 65.7 Å². The largest absolute Gasteiger partial charge is 0.508 e. The molecule has 1 saturated heterocycles. The molecule has 33 heteroatoms. The highest BCUT2D eigenvalue weighted by Crippen LogP contribution is 2.22. The molecule has 2 aromatic carbocycles. The first-order valence-electron chi connectivity index (χ1n) is 32.7. The minimum Gasteiger partial charge on any atom is -0.508 e. The number of benzene rings is 2. The first-order chi connectivity index (χ1) is 45.6. The number of phenolic OH excluding ortho intramolecular Hbond substituents is 1. The quantitative estimate of drug-likeness (QED) is 0.0169. The number of aromatic hydroxyl groups is 1. The lowest BCUT2D eigenvalue weighted by molar-refractivity contribution is -0.142. The van der Waals surface area contributed by atoms with E-state index in [9.17, 15) is 53.1 Å². The highest BCUT2D eigenvalue weighted by atomic mass is 16.3. The molecule has 10 atom stereocenters. The summed E-state index contributed by atoms with van der Waals surface area (Å²) in [5.74, 6) is -7.72. The van der Waals surface area contributed by atoms with Gasteiger partial charge in [0.25, 0.3) is 0 Å². The number of nitrogens with zero attached hydrogens (tertiary/aromatic N) is 4. The van der Waals surface area contributed by atoms with Crippen LogP contribution in [0.1, 0.15) is 122 Å². The van der Waals surface area contributed by atoms with Crippen molar-refractivity contribution in [1.82, 2.24) is 52.8 Å². The molecule has 2 aromatic rings. The Labute approximate surface area is 561 Å². The number of primary amides is 1. The Hall–Kier alpha value is -9.37. The van der Waals surface area contributed by atoms with Gasteiger partial charge in [0, 0.05) is 45.2 Å². The Morgan fingerprint density at radius 1 is 0.573 bits per heavy atom. The lowest BCUT2D eigenvalue weighted by Crippen LogP contribution is -2.60. The van der Waals surface area contributed by atoms with Crippen LogP contribution in [0.25, 0.3) is 0 Å². The van der Waals surface area contributed by atoms with E-state index in [1.807, 2.05) is 27.7 Å². The molecule has 96 heavy (non-hydrogen) atoms. The number of guanidine groups is 3. The number of likely N-dealkylation sites (tertiary alicyclic amines) is 1. The maximum absolute atomic E-state index is 14.7. The normalized spacial score (nSPS) is 15.4. The molecule has 0 saturated carbocycles. The van der Waals surface area contributed by atoms with Gasteiger partial charge in [-0.25, -0.2) is 0 Å². The molecule has 33 nitrogen and oxygen atoms in total. The number of phenols is 1. The van der Waals surface area contributed by atoms with Crippen LogP contribution in [0, 0.1) is 11.8 Å². The second-order valence-electron chi connectivity index (χ2n) is 24.4. The zero-order chi connectivity index (χ0) is 71.3. The summed E-state index contributed by atoms with van der Waals surface area (Å²) in [5, 5.41) is 34.7. The molecule has 534 valence electrons. The van der Waals surface area contributed by atoms with E-state index in [1.165, 1.54) is 17.0 Å². The summed E-state index contributed by atoms with van der Waals surface area (Å²) in [6, 6.07) is 5.16. The van der Waals surface area contributed by atoms with Crippen LogP contribution >= 0.6 is 0 Å². The van der Waals surface area contributed by atoms with Crippen LogP contribution in [0.3, 0.4) is 0 Å². The second-order valence-corrected chi connectivity index (χ2v) is 24.4. The number of carbonyl (C=O) groups is 10. The lowest BCUT2D eigenvalue weighted by Gasteiger charge is -2.32. The Morgan fingerprint density at radius 3 is 1.70 bits per heavy atom. The SMILES string of the molecule is CC[C@H](C)[C@H](NC[C@H](CCCN=C(N)N)NC(=O)[C@H](CCCN=C(N)N)NC(=O)[C@H](CC(C)C)NC(=O)[C@H](Cc1ccccc1)NC(=O)CNC(=O)CNC(=O)[C@@H](N)Cc1ccc(O)cc1)C(=O)N[C@@H](CCCN=C(N)N)C(=O)N1CCC[C@H]1C(=O)N[C@@H](CCCCN)C(N)=O. The first kappa shape index (κ1) is 80.9. The van der Waals surface area contributed by atoms with Gasteiger partial charge in [0.15, 0.2) is 17.9 Å². The van der Waals surface area contributed by atoms with Crippen molar-refractivity contribution < 1.29 is 53.1 Å². The summed E-state index contributed by atoms with van der Waals surface area (Å²) in [4.78, 5) is 152. The topological polar surface area (TPSA) is 574 Å². The van der Waals surface area contributed by atoms with E-state index in [1.54, 1.807) is 42.5 Å². The number of hydrogen-bond donors (Lipinski definition) is 19. The van der Waals surface area contributed by atoms with Gasteiger partial charge in [0.1, 0.15) is 42.0 Å². The zero-order valence-corrected chi connectivity index (χ0v) is 55.8. The first-order valence-corrected chi connectivity index (χ1v) is 32.7. The van der Waals surface area contributed by atoms with Crippen LogP contribution in [-0.2, 0) is 60.8 Å². The van der Waals surface area contributed by atoms with Crippen LogP contribution in [-0.4, -0.2) is 194 Å². The summed E-state index contributed by atoms with van der Waals surface area (Å²) in [7, 11) is 0. The number of nitrogens with one attached hydrogen (secondary N) is 9. The molecule has 28 N–H and O–H groups in total. The summed E-state index contributed by atoms with van der Waals surface area (Å²) in [5.41, 5.74) is 52.4. The Bertz CT molecular complexity index is 2910. The Morgan fingerprint density at radius 2 is 1.11 bits per heavy atom. The number of carbonyl (C=O) groups excluding carboxylic acids is 10. The molecule has 0 bridgehead atoms. The molecule has 1 aliphatic heterocycles. The molecule has 0 spiro atoms. The van der Waals surface area contributed by atoms with Crippen LogP contribution < -0.4 is 99.5 Å². The smallest absolute Gasteiger partial charge is 0.245 e. The minimum absolute atomic E-state index is 0.00387. The van der Waals surface area contributed by atoms with Crippen molar-refractivity contribution in [3.8, 4) is 5.75 Å². The Kier molecular flexibility index (Phi) is 36.7. The molecule has 1 fully saturated rings. The minimum atomic E-state index is -1.29. The van der Waals surface area contributed by atoms with Gasteiger partial charge in [-0.1, -0.05) is 76.6 Å². The fourth-order valence-electron chi connectivity index (χ4n) is 10.5. The van der Waals surface area contributed by atoms with Crippen molar-refractivity contribution in [2.75, 3.05) is 52.4 Å². The van der Waals surface area contributed by atoms with Crippen LogP contribution in [0.5, 0.6) is 5.75 Å². The number of unbranched alkanes of at least 4 members (excludes halogenated alkanes) is 1. The summed E-state index contributed by atoms with van der Waals surface area (Å²) in [6.45, 7) is 7.15. The monoisotopic (exact) mass is 1350 g/mol. The highest BCUT2D eigenvalue weighted by Gasteiger charge is 2.40. The second kappa shape index (κ2) is 43.6. The maximum Gasteiger partial charge on any atom is 0.245 e. The predicted molar refractivity (Wildman–Crippen MR) is 365 cm³/mol. The van der Waals surface area contributed by atoms with Gasteiger partial charge >= 0.3 is 0 Å². The molecule has 0 aliphatic carbocycles. The van der Waals surface area contributed by atoms with Crippen molar-refractivity contribution in [2.24, 2.45) is 78.4 Å². The third-order valence-corrected chi connectivity index (χ3v) is 15.9. The van der Waals surface area contributed by atoms with Gasteiger partial charge < -0.3 is 109 Å². The molecule has 1 heterocycles. The lowest BCUT2D eigenvalue weighted by atomic mass is 9.96. The van der Waals surface area contributed by atoms with E-state index in [4.69, 9.17) is 51.6 Å². The molecule has 0 aromatic heterocycles. The predicted octanol–water partition coefficient (Wildman–Crippen LogP) is -4.54. The van der Waals surface area contributed by atoms with E-state index >= 15 is 0 Å². The van der Waals surface area contributed by atoms with E-state index in [-0.39, 0.29) is 126 Å². The van der Waals surface area contributed by atoms with Crippen LogP contribution in [0.2, 0.25) is 0 Å². The zero-order valence-electron chi connectivity index (χ0n) is 55.8. The van der Waals surface area contributed by atoms with Crippen LogP contribution in [0.4, 0.5) is 0 Å². The fourth-order valence-corrected chi connectivity index (χ4v) is 10.5. The number of amides is 10. The van der Waals surface area contributed by atoms with Crippen molar-refractivity contribution in [2.45, 2.75) is 178 Å². The van der Waals surface area contributed by atoms with Crippen molar-refractivity contribution in [1.29, 1.82) is 0 Å². The fraction of sp³-hybridized carbons (Fsp3) is 0.603.